The van der Waals surface area contributed by atoms with E-state index in [1.54, 1.807) is 30.3 Å². The topological polar surface area (TPSA) is 86.6 Å². The third-order valence-electron chi connectivity index (χ3n) is 1.98. The molecule has 0 amide bonds. The zero-order valence-electron chi connectivity index (χ0n) is 8.79. The molecule has 1 aromatic carbocycles. The van der Waals surface area contributed by atoms with E-state index in [1.165, 1.54) is 0 Å². The number of benzene rings is 1. The van der Waals surface area contributed by atoms with Gasteiger partial charge in [0.15, 0.2) is 6.04 Å². The van der Waals surface area contributed by atoms with Gasteiger partial charge in [0.05, 0.1) is 6.42 Å². The highest BCUT2D eigenvalue weighted by Crippen LogP contribution is 2.09. The molecule has 0 heterocycles. The van der Waals surface area contributed by atoms with Crippen molar-refractivity contribution in [1.29, 1.82) is 0 Å². The lowest BCUT2D eigenvalue weighted by Crippen LogP contribution is -2.37. The van der Waals surface area contributed by atoms with Crippen LogP contribution in [0, 0.1) is 0 Å². The molecule has 90 valence electrons. The van der Waals surface area contributed by atoms with E-state index in [4.69, 9.17) is 22.4 Å². The predicted molar refractivity (Wildman–Crippen MR) is 66.3 cm³/mol. The minimum absolute atomic E-state index is 0.0612. The molecule has 0 unspecified atom stereocenters. The molecule has 0 bridgehead atoms. The molecule has 1 atom stereocenters. The fourth-order valence-corrected chi connectivity index (χ4v) is 1.52. The first-order valence-electron chi connectivity index (χ1n) is 4.79. The number of carboxylic acid groups (broad SMARTS) is 2. The SMILES string of the molecule is O=C(O)CC(=S)[C@H](Nc1ccccc1)C(=O)O. The van der Waals surface area contributed by atoms with Crippen molar-refractivity contribution in [2.24, 2.45) is 0 Å². The standard InChI is InChI=1S/C11H11NO4S/c13-9(14)6-8(17)10(11(15)16)12-7-4-2-1-3-5-7/h1-5,10,12H,6H2,(H,13,14)(H,15,16)/t10-/m0/s1. The smallest absolute Gasteiger partial charge is 0.331 e. The molecule has 6 heteroatoms. The van der Waals surface area contributed by atoms with Crippen LogP contribution < -0.4 is 5.32 Å². The summed E-state index contributed by atoms with van der Waals surface area (Å²) in [6.45, 7) is 0. The Bertz CT molecular complexity index is 432. The normalized spacial score (nSPS) is 11.5. The van der Waals surface area contributed by atoms with E-state index in [9.17, 15) is 9.59 Å². The maximum atomic E-state index is 11.0. The van der Waals surface area contributed by atoms with Gasteiger partial charge < -0.3 is 15.5 Å². The van der Waals surface area contributed by atoms with Crippen molar-refractivity contribution in [3.05, 3.63) is 30.3 Å². The first-order chi connectivity index (χ1) is 8.00. The number of hydrogen-bond acceptors (Lipinski definition) is 4. The van der Waals surface area contributed by atoms with Crippen molar-refractivity contribution in [2.75, 3.05) is 5.32 Å². The molecule has 1 aromatic rings. The maximum Gasteiger partial charge on any atom is 0.331 e. The Morgan fingerprint density at radius 3 is 2.29 bits per heavy atom. The summed E-state index contributed by atoms with van der Waals surface area (Å²) in [7, 11) is 0. The molecule has 17 heavy (non-hydrogen) atoms. The first-order valence-corrected chi connectivity index (χ1v) is 5.20. The summed E-state index contributed by atoms with van der Waals surface area (Å²) in [6.07, 6.45) is -0.452. The van der Waals surface area contributed by atoms with Crippen LogP contribution in [-0.4, -0.2) is 33.1 Å². The van der Waals surface area contributed by atoms with E-state index in [0.717, 1.165) is 0 Å². The van der Waals surface area contributed by atoms with Crippen LogP contribution in [0.25, 0.3) is 0 Å². The summed E-state index contributed by atoms with van der Waals surface area (Å²) in [4.78, 5) is 21.4. The predicted octanol–water partition coefficient (Wildman–Crippen LogP) is 1.40. The maximum absolute atomic E-state index is 11.0. The van der Waals surface area contributed by atoms with E-state index < -0.39 is 24.4 Å². The van der Waals surface area contributed by atoms with Crippen molar-refractivity contribution in [3.8, 4) is 0 Å². The highest BCUT2D eigenvalue weighted by Gasteiger charge is 2.23. The Morgan fingerprint density at radius 1 is 1.24 bits per heavy atom. The second kappa shape index (κ2) is 5.95. The van der Waals surface area contributed by atoms with E-state index in [2.05, 4.69) is 5.32 Å². The zero-order valence-corrected chi connectivity index (χ0v) is 9.61. The monoisotopic (exact) mass is 253 g/mol. The summed E-state index contributed by atoms with van der Waals surface area (Å²) < 4.78 is 0. The third kappa shape index (κ3) is 4.20. The molecule has 3 N–H and O–H groups in total. The number of thiocarbonyl (C=S) groups is 1. The van der Waals surface area contributed by atoms with E-state index in [-0.39, 0.29) is 4.86 Å². The zero-order chi connectivity index (χ0) is 12.8. The van der Waals surface area contributed by atoms with Crippen molar-refractivity contribution in [2.45, 2.75) is 12.5 Å². The molecule has 0 radical (unpaired) electrons. The van der Waals surface area contributed by atoms with Crippen LogP contribution in [0.4, 0.5) is 5.69 Å². The second-order valence-corrected chi connectivity index (χ2v) is 3.84. The van der Waals surface area contributed by atoms with Gasteiger partial charge in [-0.05, 0) is 12.1 Å². The molecular weight excluding hydrogens is 242 g/mol. The summed E-state index contributed by atoms with van der Waals surface area (Å²) in [6, 6.07) is 7.45. The Hall–Kier alpha value is -1.95. The lowest BCUT2D eigenvalue weighted by molar-refractivity contribution is -0.136. The summed E-state index contributed by atoms with van der Waals surface area (Å²) in [5, 5.41) is 20.2. The van der Waals surface area contributed by atoms with Gasteiger partial charge in [0.25, 0.3) is 0 Å². The van der Waals surface area contributed by atoms with Gasteiger partial charge in [-0.3, -0.25) is 4.79 Å². The van der Waals surface area contributed by atoms with Gasteiger partial charge in [0.2, 0.25) is 0 Å². The summed E-state index contributed by atoms with van der Waals surface area (Å²) in [5.41, 5.74) is 0.577. The molecule has 0 saturated carbocycles. The van der Waals surface area contributed by atoms with Crippen molar-refractivity contribution < 1.29 is 19.8 Å². The van der Waals surface area contributed by atoms with E-state index in [1.807, 2.05) is 0 Å². The van der Waals surface area contributed by atoms with Crippen LogP contribution in [0.2, 0.25) is 0 Å². The van der Waals surface area contributed by atoms with Crippen molar-refractivity contribution in [1.82, 2.24) is 0 Å². The highest BCUT2D eigenvalue weighted by molar-refractivity contribution is 7.80. The quantitative estimate of drug-likeness (QED) is 0.664. The first kappa shape index (κ1) is 13.1. The Morgan fingerprint density at radius 2 is 1.82 bits per heavy atom. The van der Waals surface area contributed by atoms with Gasteiger partial charge in [0.1, 0.15) is 0 Å². The fraction of sp³-hybridized carbons (Fsp3) is 0.182. The van der Waals surface area contributed by atoms with Gasteiger partial charge in [0, 0.05) is 10.6 Å². The van der Waals surface area contributed by atoms with Crippen LogP contribution >= 0.6 is 12.2 Å². The molecule has 0 aliphatic carbocycles. The molecular formula is C11H11NO4S. The lowest BCUT2D eigenvalue weighted by Gasteiger charge is -2.15. The molecule has 0 spiro atoms. The number of carboxylic acids is 2. The van der Waals surface area contributed by atoms with Crippen molar-refractivity contribution in [3.63, 3.8) is 0 Å². The third-order valence-corrected chi connectivity index (χ3v) is 2.36. The Labute approximate surface area is 103 Å². The summed E-state index contributed by atoms with van der Waals surface area (Å²) >= 11 is 4.80. The minimum atomic E-state index is -1.19. The Kier molecular flexibility index (Phi) is 4.59. The van der Waals surface area contributed by atoms with Crippen LogP contribution in [0.3, 0.4) is 0 Å². The van der Waals surface area contributed by atoms with Gasteiger partial charge in [-0.15, -0.1) is 0 Å². The van der Waals surface area contributed by atoms with Gasteiger partial charge in [-0.1, -0.05) is 30.4 Å². The summed E-state index contributed by atoms with van der Waals surface area (Å²) in [5.74, 6) is -2.34. The lowest BCUT2D eigenvalue weighted by atomic mass is 10.1. The molecule has 5 nitrogen and oxygen atoms in total. The number of rotatable bonds is 6. The average molecular weight is 253 g/mol. The van der Waals surface area contributed by atoms with Gasteiger partial charge in [-0.25, -0.2) is 4.79 Å². The average Bonchev–Trinajstić information content (AvgIpc) is 2.25. The number of nitrogens with one attached hydrogen (secondary N) is 1. The van der Waals surface area contributed by atoms with Gasteiger partial charge >= 0.3 is 11.9 Å². The van der Waals surface area contributed by atoms with Crippen LogP contribution in [0.5, 0.6) is 0 Å². The largest absolute Gasteiger partial charge is 0.481 e. The number of aliphatic carboxylic acids is 2. The number of anilines is 1. The molecule has 0 aliphatic heterocycles. The molecule has 1 rings (SSSR count). The van der Waals surface area contributed by atoms with E-state index >= 15 is 0 Å². The highest BCUT2D eigenvalue weighted by atomic mass is 32.1. The van der Waals surface area contributed by atoms with Gasteiger partial charge in [-0.2, -0.15) is 0 Å². The molecule has 0 saturated heterocycles. The van der Waals surface area contributed by atoms with E-state index in [0.29, 0.717) is 5.69 Å². The van der Waals surface area contributed by atoms with Crippen LogP contribution in [-0.2, 0) is 9.59 Å². The van der Waals surface area contributed by atoms with Crippen LogP contribution in [0.1, 0.15) is 6.42 Å². The number of carbonyl (C=O) groups is 2. The fourth-order valence-electron chi connectivity index (χ4n) is 1.23. The molecule has 0 aliphatic rings. The minimum Gasteiger partial charge on any atom is -0.481 e. The van der Waals surface area contributed by atoms with Crippen molar-refractivity contribution >= 4 is 34.7 Å². The number of hydrogen-bond donors (Lipinski definition) is 3. The second-order valence-electron chi connectivity index (χ2n) is 3.32. The van der Waals surface area contributed by atoms with Crippen LogP contribution in [0.15, 0.2) is 30.3 Å². The Balaban J connectivity index is 2.77. The molecule has 0 aromatic heterocycles. The number of para-hydroxylation sites is 1. The molecule has 0 fully saturated rings.